The molecule has 1 heterocycles. The summed E-state index contributed by atoms with van der Waals surface area (Å²) in [5, 5.41) is 7.23. The highest BCUT2D eigenvalue weighted by molar-refractivity contribution is 6.09. The van der Waals surface area contributed by atoms with E-state index >= 15 is 0 Å². The Kier molecular flexibility index (Phi) is 8.19. The van der Waals surface area contributed by atoms with Crippen molar-refractivity contribution in [3.63, 3.8) is 0 Å². The van der Waals surface area contributed by atoms with Gasteiger partial charge in [-0.2, -0.15) is 0 Å². The molecule has 0 saturated carbocycles. The van der Waals surface area contributed by atoms with Crippen molar-refractivity contribution >= 4 is 60.5 Å². The number of benzene rings is 10. The molecule has 272 valence electrons. The van der Waals surface area contributed by atoms with Gasteiger partial charge in [-0.05, 0) is 115 Å². The first-order chi connectivity index (χ1) is 28.7. The van der Waals surface area contributed by atoms with Gasteiger partial charge >= 0.3 is 0 Å². The number of nitrogens with zero attached hydrogens (tertiary/aromatic N) is 1. The fourth-order valence-electron chi connectivity index (χ4n) is 8.54. The van der Waals surface area contributed by atoms with Crippen molar-refractivity contribution in [1.29, 1.82) is 0 Å². The van der Waals surface area contributed by atoms with E-state index in [1.807, 2.05) is 12.1 Å². The predicted octanol–water partition coefficient (Wildman–Crippen LogP) is 16.0. The van der Waals surface area contributed by atoms with Crippen LogP contribution in [0.5, 0.6) is 0 Å². The van der Waals surface area contributed by atoms with Crippen LogP contribution in [0.25, 0.3) is 88.0 Å². The minimum atomic E-state index is 0.905. The number of fused-ring (bicyclic) bond motifs is 5. The summed E-state index contributed by atoms with van der Waals surface area (Å²) in [7, 11) is 0. The Labute approximate surface area is 337 Å². The van der Waals surface area contributed by atoms with E-state index < -0.39 is 0 Å². The number of rotatable bonds is 7. The molecule has 0 fully saturated rings. The number of furan rings is 1. The highest BCUT2D eigenvalue weighted by Crippen LogP contribution is 2.41. The molecule has 0 atom stereocenters. The first kappa shape index (κ1) is 33.6. The molecule has 0 unspecified atom stereocenters. The van der Waals surface area contributed by atoms with Gasteiger partial charge in [0.15, 0.2) is 0 Å². The molecule has 11 rings (SSSR count). The number of hydrogen-bond donors (Lipinski definition) is 0. The maximum absolute atomic E-state index is 6.43. The first-order valence-corrected chi connectivity index (χ1v) is 19.8. The summed E-state index contributed by atoms with van der Waals surface area (Å²) >= 11 is 0. The summed E-state index contributed by atoms with van der Waals surface area (Å²) in [6.07, 6.45) is 0. The maximum Gasteiger partial charge on any atom is 0.143 e. The number of para-hydroxylation sites is 2. The quantitative estimate of drug-likeness (QED) is 0.162. The highest BCUT2D eigenvalue weighted by Gasteiger charge is 2.17. The van der Waals surface area contributed by atoms with Gasteiger partial charge in [-0.3, -0.25) is 0 Å². The Morgan fingerprint density at radius 3 is 1.47 bits per heavy atom. The lowest BCUT2D eigenvalue weighted by molar-refractivity contribution is 0.670. The molecule has 0 amide bonds. The fraction of sp³-hybridized carbons (Fsp3) is 0. The molecule has 2 heteroatoms. The van der Waals surface area contributed by atoms with Gasteiger partial charge in [-0.25, -0.2) is 0 Å². The molecule has 0 aliphatic rings. The lowest BCUT2D eigenvalue weighted by Crippen LogP contribution is -2.10. The number of hydrogen-bond acceptors (Lipinski definition) is 2. The van der Waals surface area contributed by atoms with E-state index in [-0.39, 0.29) is 0 Å². The van der Waals surface area contributed by atoms with E-state index in [1.165, 1.54) is 54.9 Å². The van der Waals surface area contributed by atoms with E-state index in [0.29, 0.717) is 0 Å². The molecule has 58 heavy (non-hydrogen) atoms. The molecule has 0 aliphatic carbocycles. The Morgan fingerprint density at radius 2 is 0.759 bits per heavy atom. The Bertz CT molecular complexity index is 3280. The van der Waals surface area contributed by atoms with Crippen molar-refractivity contribution in [3.05, 3.63) is 224 Å². The Hall–Kier alpha value is -7.68. The van der Waals surface area contributed by atoms with Crippen molar-refractivity contribution in [2.45, 2.75) is 0 Å². The van der Waals surface area contributed by atoms with Crippen LogP contribution in [0.1, 0.15) is 0 Å². The van der Waals surface area contributed by atoms with E-state index in [9.17, 15) is 0 Å². The van der Waals surface area contributed by atoms with Crippen molar-refractivity contribution in [2.75, 3.05) is 4.90 Å². The van der Waals surface area contributed by atoms with Crippen LogP contribution in [0.4, 0.5) is 17.1 Å². The van der Waals surface area contributed by atoms with E-state index in [2.05, 4.69) is 217 Å². The second-order valence-corrected chi connectivity index (χ2v) is 14.9. The van der Waals surface area contributed by atoms with Crippen LogP contribution in [0.3, 0.4) is 0 Å². The lowest BCUT2D eigenvalue weighted by atomic mass is 9.93. The minimum Gasteiger partial charge on any atom is -0.455 e. The third kappa shape index (κ3) is 6.00. The predicted molar refractivity (Wildman–Crippen MR) is 245 cm³/mol. The normalized spacial score (nSPS) is 11.4. The van der Waals surface area contributed by atoms with Crippen molar-refractivity contribution < 1.29 is 4.42 Å². The van der Waals surface area contributed by atoms with Gasteiger partial charge in [-0.15, -0.1) is 0 Å². The molecule has 0 aliphatic heterocycles. The summed E-state index contributed by atoms with van der Waals surface area (Å²) in [6.45, 7) is 0. The first-order valence-electron chi connectivity index (χ1n) is 19.8. The summed E-state index contributed by atoms with van der Waals surface area (Å²) in [6, 6.07) is 80.7. The van der Waals surface area contributed by atoms with Gasteiger partial charge < -0.3 is 9.32 Å². The molecular weight excluding hydrogens is 703 g/mol. The molecule has 10 aromatic carbocycles. The average Bonchev–Trinajstić information content (AvgIpc) is 3.69. The zero-order valence-corrected chi connectivity index (χ0v) is 31.7. The summed E-state index contributed by atoms with van der Waals surface area (Å²) in [5.41, 5.74) is 14.4. The molecule has 0 spiro atoms. The third-order valence-corrected chi connectivity index (χ3v) is 11.5. The van der Waals surface area contributed by atoms with E-state index in [4.69, 9.17) is 4.42 Å². The molecule has 1 aromatic heterocycles. The summed E-state index contributed by atoms with van der Waals surface area (Å²) < 4.78 is 6.43. The van der Waals surface area contributed by atoms with Crippen LogP contribution in [0, 0.1) is 0 Å². The van der Waals surface area contributed by atoms with Crippen LogP contribution in [-0.4, -0.2) is 0 Å². The zero-order chi connectivity index (χ0) is 38.4. The maximum atomic E-state index is 6.43. The summed E-state index contributed by atoms with van der Waals surface area (Å²) in [4.78, 5) is 2.36. The van der Waals surface area contributed by atoms with E-state index in [0.717, 1.165) is 50.1 Å². The molecular formula is C56H37NO. The molecule has 11 aromatic rings. The van der Waals surface area contributed by atoms with Crippen molar-refractivity contribution in [2.24, 2.45) is 0 Å². The SMILES string of the molecule is c1cc(-c2ccc3ccccc3c2)cc(N(c2ccc(-c3ccccc3-c3ccc4ccccc4c3)cc2)c2ccc(-c3cccc4c3oc3ccccc34)cc2)c1. The van der Waals surface area contributed by atoms with Gasteiger partial charge in [0.05, 0.1) is 0 Å². The smallest absolute Gasteiger partial charge is 0.143 e. The Morgan fingerprint density at radius 1 is 0.276 bits per heavy atom. The highest BCUT2D eigenvalue weighted by atomic mass is 16.3. The summed E-state index contributed by atoms with van der Waals surface area (Å²) in [5.74, 6) is 0. The topological polar surface area (TPSA) is 16.4 Å². The van der Waals surface area contributed by atoms with Gasteiger partial charge in [0.25, 0.3) is 0 Å². The largest absolute Gasteiger partial charge is 0.455 e. The van der Waals surface area contributed by atoms with Crippen LogP contribution in [0.15, 0.2) is 229 Å². The minimum absolute atomic E-state index is 0.905. The second kappa shape index (κ2) is 14.1. The lowest BCUT2D eigenvalue weighted by Gasteiger charge is -2.26. The van der Waals surface area contributed by atoms with Gasteiger partial charge in [0, 0.05) is 33.4 Å². The average molecular weight is 740 g/mol. The van der Waals surface area contributed by atoms with E-state index in [1.54, 1.807) is 0 Å². The number of anilines is 3. The monoisotopic (exact) mass is 739 g/mol. The molecule has 0 bridgehead atoms. The molecule has 0 N–H and O–H groups in total. The zero-order valence-electron chi connectivity index (χ0n) is 31.7. The van der Waals surface area contributed by atoms with Gasteiger partial charge in [0.1, 0.15) is 11.2 Å². The molecule has 2 nitrogen and oxygen atoms in total. The van der Waals surface area contributed by atoms with Gasteiger partial charge in [0.2, 0.25) is 0 Å². The van der Waals surface area contributed by atoms with Crippen molar-refractivity contribution in [1.82, 2.24) is 0 Å². The standard InChI is InChI=1S/C56H37NO/c1-3-13-42-35-45(25-23-38(42)11-1)44-15-9-16-49(37-44)57(48-33-29-41(30-34-48)52-20-10-21-54-53-19-7-8-22-55(53)58-56(52)54)47-31-27-40(28-32-47)50-17-5-6-18-51(50)46-26-24-39-12-2-4-14-43(39)36-46/h1-37H. The Balaban J connectivity index is 1.00. The fourth-order valence-corrected chi connectivity index (χ4v) is 8.54. The van der Waals surface area contributed by atoms with Crippen LogP contribution >= 0.6 is 0 Å². The van der Waals surface area contributed by atoms with Gasteiger partial charge in [-0.1, -0.05) is 170 Å². The van der Waals surface area contributed by atoms with Crippen molar-refractivity contribution in [3.8, 4) is 44.5 Å². The van der Waals surface area contributed by atoms with Crippen LogP contribution in [0.2, 0.25) is 0 Å². The second-order valence-electron chi connectivity index (χ2n) is 14.9. The third-order valence-electron chi connectivity index (χ3n) is 11.5. The van der Waals surface area contributed by atoms with Crippen LogP contribution in [-0.2, 0) is 0 Å². The van der Waals surface area contributed by atoms with Crippen LogP contribution < -0.4 is 4.90 Å². The molecule has 0 radical (unpaired) electrons. The molecule has 0 saturated heterocycles.